The molecule has 0 aliphatic carbocycles. The fraction of sp³-hybridized carbons (Fsp3) is 0.0714. The van der Waals surface area contributed by atoms with Crippen molar-refractivity contribution in [3.8, 4) is 0 Å². The quantitative estimate of drug-likeness (QED) is 0.851. The highest BCUT2D eigenvalue weighted by Crippen LogP contribution is 2.19. The van der Waals surface area contributed by atoms with E-state index in [1.165, 1.54) is 24.3 Å². The van der Waals surface area contributed by atoms with Crippen LogP contribution >= 0.6 is 0 Å². The first kappa shape index (κ1) is 15.1. The molecule has 3 N–H and O–H groups in total. The zero-order valence-corrected chi connectivity index (χ0v) is 11.6. The van der Waals surface area contributed by atoms with Gasteiger partial charge in [-0.25, -0.2) is 8.78 Å². The Balaban J connectivity index is 2.03. The van der Waals surface area contributed by atoms with Crippen LogP contribution in [0.5, 0.6) is 0 Å². The zero-order valence-electron chi connectivity index (χ0n) is 10.8. The number of hydrogen-bond acceptors (Lipinski definition) is 3. The molecule has 1 amide bonds. The van der Waals surface area contributed by atoms with Crippen molar-refractivity contribution in [1.29, 1.82) is 0 Å². The fourth-order valence-corrected chi connectivity index (χ4v) is 2.60. The van der Waals surface area contributed by atoms with Gasteiger partial charge in [0.15, 0.2) is 0 Å². The summed E-state index contributed by atoms with van der Waals surface area (Å²) in [5.74, 6) is -1.95. The molecule has 0 aliphatic rings. The van der Waals surface area contributed by atoms with Gasteiger partial charge in [0.05, 0.1) is 22.2 Å². The van der Waals surface area contributed by atoms with E-state index in [4.69, 9.17) is 5.73 Å². The lowest BCUT2D eigenvalue weighted by Crippen LogP contribution is -2.20. The summed E-state index contributed by atoms with van der Waals surface area (Å²) >= 11 is 0. The molecular formula is C14H12F2N2O2S. The topological polar surface area (TPSA) is 72.2 Å². The number of carbonyl (C=O) groups is 1. The van der Waals surface area contributed by atoms with Crippen LogP contribution in [0.2, 0.25) is 0 Å². The SMILES string of the molecule is Nc1cc(F)ccc1NC(=O)CS(=O)c1cccc(F)c1. The second-order valence-corrected chi connectivity index (χ2v) is 5.68. The van der Waals surface area contributed by atoms with E-state index in [9.17, 15) is 17.8 Å². The normalized spacial score (nSPS) is 11.9. The fourth-order valence-electron chi connectivity index (χ4n) is 1.64. The number of carbonyl (C=O) groups excluding carboxylic acids is 1. The summed E-state index contributed by atoms with van der Waals surface area (Å²) in [6.07, 6.45) is 0. The first-order valence-corrected chi connectivity index (χ1v) is 7.26. The average molecular weight is 310 g/mol. The highest BCUT2D eigenvalue weighted by Gasteiger charge is 2.12. The number of halogens is 2. The van der Waals surface area contributed by atoms with Gasteiger partial charge < -0.3 is 11.1 Å². The van der Waals surface area contributed by atoms with Gasteiger partial charge >= 0.3 is 0 Å². The highest BCUT2D eigenvalue weighted by atomic mass is 32.2. The van der Waals surface area contributed by atoms with Crippen LogP contribution in [0.4, 0.5) is 20.2 Å². The van der Waals surface area contributed by atoms with Gasteiger partial charge in [-0.05, 0) is 36.4 Å². The number of hydrogen-bond donors (Lipinski definition) is 2. The van der Waals surface area contributed by atoms with Crippen LogP contribution < -0.4 is 11.1 Å². The summed E-state index contributed by atoms with van der Waals surface area (Å²) in [7, 11) is -1.68. The molecule has 2 aromatic carbocycles. The van der Waals surface area contributed by atoms with Gasteiger partial charge in [0.25, 0.3) is 0 Å². The minimum atomic E-state index is -1.68. The Hall–Kier alpha value is -2.28. The van der Waals surface area contributed by atoms with Crippen molar-refractivity contribution in [3.63, 3.8) is 0 Å². The van der Waals surface area contributed by atoms with Gasteiger partial charge in [-0.15, -0.1) is 0 Å². The van der Waals surface area contributed by atoms with Crippen LogP contribution in [0.3, 0.4) is 0 Å². The third-order valence-electron chi connectivity index (χ3n) is 2.61. The second-order valence-electron chi connectivity index (χ2n) is 4.23. The lowest BCUT2D eigenvalue weighted by Gasteiger charge is -2.08. The number of benzene rings is 2. The standard InChI is InChI=1S/C14H12F2N2O2S/c15-9-2-1-3-11(6-9)21(20)8-14(19)18-13-5-4-10(16)7-12(13)17/h1-7H,8,17H2,(H,18,19). The molecule has 0 saturated heterocycles. The average Bonchev–Trinajstić information content (AvgIpc) is 2.42. The molecule has 0 aliphatic heterocycles. The van der Waals surface area contributed by atoms with Crippen molar-refractivity contribution in [2.75, 3.05) is 16.8 Å². The van der Waals surface area contributed by atoms with E-state index < -0.39 is 28.3 Å². The number of amides is 1. The van der Waals surface area contributed by atoms with Gasteiger partial charge in [-0.3, -0.25) is 9.00 Å². The molecule has 0 radical (unpaired) electrons. The Bertz CT molecular complexity index is 707. The Labute approximate surface area is 122 Å². The minimum absolute atomic E-state index is 0.0693. The molecule has 0 bridgehead atoms. The summed E-state index contributed by atoms with van der Waals surface area (Å²) in [5.41, 5.74) is 5.85. The smallest absolute Gasteiger partial charge is 0.237 e. The maximum Gasteiger partial charge on any atom is 0.237 e. The van der Waals surface area contributed by atoms with Crippen LogP contribution in [-0.4, -0.2) is 15.9 Å². The molecule has 0 heterocycles. The Morgan fingerprint density at radius 3 is 2.52 bits per heavy atom. The van der Waals surface area contributed by atoms with Crippen LogP contribution in [0.25, 0.3) is 0 Å². The lowest BCUT2D eigenvalue weighted by molar-refractivity contribution is -0.113. The Kier molecular flexibility index (Phi) is 4.64. The maximum atomic E-state index is 13.0. The third-order valence-corrected chi connectivity index (χ3v) is 3.91. The third kappa shape index (κ3) is 4.09. The van der Waals surface area contributed by atoms with Gasteiger partial charge in [-0.2, -0.15) is 0 Å². The van der Waals surface area contributed by atoms with E-state index in [1.807, 2.05) is 0 Å². The first-order valence-electron chi connectivity index (χ1n) is 5.94. The maximum absolute atomic E-state index is 13.0. The van der Waals surface area contributed by atoms with Crippen LogP contribution in [0.15, 0.2) is 47.4 Å². The first-order chi connectivity index (χ1) is 9.95. The largest absolute Gasteiger partial charge is 0.397 e. The van der Waals surface area contributed by atoms with Crippen LogP contribution in [0.1, 0.15) is 0 Å². The summed E-state index contributed by atoms with van der Waals surface area (Å²) in [6.45, 7) is 0. The number of anilines is 2. The molecule has 2 aromatic rings. The number of rotatable bonds is 4. The van der Waals surface area contributed by atoms with E-state index in [-0.39, 0.29) is 22.0 Å². The molecule has 110 valence electrons. The summed E-state index contributed by atoms with van der Waals surface area (Å²) in [5, 5.41) is 2.44. The molecule has 1 atom stereocenters. The molecule has 0 fully saturated rings. The predicted octanol–water partition coefficient (Wildman–Crippen LogP) is 2.29. The molecule has 21 heavy (non-hydrogen) atoms. The van der Waals surface area contributed by atoms with E-state index in [0.29, 0.717) is 0 Å². The molecule has 1 unspecified atom stereocenters. The van der Waals surface area contributed by atoms with Crippen molar-refractivity contribution in [2.45, 2.75) is 4.90 Å². The van der Waals surface area contributed by atoms with Crippen molar-refractivity contribution in [3.05, 3.63) is 54.1 Å². The van der Waals surface area contributed by atoms with E-state index in [2.05, 4.69) is 5.32 Å². The molecule has 0 aromatic heterocycles. The van der Waals surface area contributed by atoms with Gasteiger partial charge in [0.2, 0.25) is 5.91 Å². The summed E-state index contributed by atoms with van der Waals surface area (Å²) in [6, 6.07) is 8.75. The molecule has 2 rings (SSSR count). The number of nitrogens with one attached hydrogen (secondary N) is 1. The van der Waals surface area contributed by atoms with Gasteiger partial charge in [0, 0.05) is 4.90 Å². The van der Waals surface area contributed by atoms with E-state index in [1.54, 1.807) is 0 Å². The Morgan fingerprint density at radius 2 is 1.86 bits per heavy atom. The van der Waals surface area contributed by atoms with Gasteiger partial charge in [0.1, 0.15) is 17.4 Å². The second kappa shape index (κ2) is 6.45. The zero-order chi connectivity index (χ0) is 15.4. The minimum Gasteiger partial charge on any atom is -0.397 e. The predicted molar refractivity (Wildman–Crippen MR) is 77.1 cm³/mol. The lowest BCUT2D eigenvalue weighted by atomic mass is 10.2. The molecule has 0 spiro atoms. The molecule has 7 heteroatoms. The van der Waals surface area contributed by atoms with Gasteiger partial charge in [-0.1, -0.05) is 6.07 Å². The summed E-state index contributed by atoms with van der Waals surface area (Å²) < 4.78 is 37.8. The number of nitrogens with two attached hydrogens (primary N) is 1. The molecular weight excluding hydrogens is 298 g/mol. The van der Waals surface area contributed by atoms with Crippen molar-refractivity contribution < 1.29 is 17.8 Å². The van der Waals surface area contributed by atoms with Crippen molar-refractivity contribution in [2.24, 2.45) is 0 Å². The highest BCUT2D eigenvalue weighted by molar-refractivity contribution is 7.85. The monoisotopic (exact) mass is 310 g/mol. The Morgan fingerprint density at radius 1 is 1.14 bits per heavy atom. The van der Waals surface area contributed by atoms with E-state index in [0.717, 1.165) is 18.2 Å². The molecule has 0 saturated carbocycles. The van der Waals surface area contributed by atoms with Crippen molar-refractivity contribution in [1.82, 2.24) is 0 Å². The number of nitrogen functional groups attached to an aromatic ring is 1. The van der Waals surface area contributed by atoms with Crippen molar-refractivity contribution >= 4 is 28.1 Å². The van der Waals surface area contributed by atoms with Crippen LogP contribution in [0, 0.1) is 11.6 Å². The summed E-state index contributed by atoms with van der Waals surface area (Å²) in [4.78, 5) is 12.0. The van der Waals surface area contributed by atoms with E-state index >= 15 is 0 Å². The van der Waals surface area contributed by atoms with Crippen LogP contribution in [-0.2, 0) is 15.6 Å². The molecule has 4 nitrogen and oxygen atoms in total.